The van der Waals surface area contributed by atoms with Gasteiger partial charge in [0.25, 0.3) is 0 Å². The second-order valence-corrected chi connectivity index (χ2v) is 5.48. The fourth-order valence-corrected chi connectivity index (χ4v) is 2.69. The third-order valence-corrected chi connectivity index (χ3v) is 3.99. The molecule has 112 valence electrons. The van der Waals surface area contributed by atoms with E-state index in [1.807, 2.05) is 16.7 Å². The van der Waals surface area contributed by atoms with Crippen molar-refractivity contribution in [1.82, 2.24) is 4.57 Å². The second-order valence-electron chi connectivity index (χ2n) is 5.48. The molecule has 2 rings (SSSR count). The second kappa shape index (κ2) is 7.11. The maximum absolute atomic E-state index is 11.3. The molecule has 1 atom stereocenters. The molecular weight excluding hydrogens is 262 g/mol. The lowest BCUT2D eigenvalue weighted by Gasteiger charge is -2.18. The predicted molar refractivity (Wildman–Crippen MR) is 84.9 cm³/mol. The number of aryl methyl sites for hydroxylation is 2. The Morgan fingerprint density at radius 2 is 1.86 bits per heavy atom. The third kappa shape index (κ3) is 3.75. The zero-order valence-corrected chi connectivity index (χ0v) is 12.7. The molecule has 0 aliphatic heterocycles. The number of aromatic nitrogens is 1. The standard InChI is InChI=1S/C18H23NO2/c1-3-14(2)19-16(12-13-17(19)18(20)21)11-7-10-15-8-5-4-6-9-15/h4-6,8-9,12-14H,3,7,10-11H2,1-2H3,(H,20,21). The fraction of sp³-hybridized carbons (Fsp3) is 0.389. The Labute approximate surface area is 126 Å². The van der Waals surface area contributed by atoms with Gasteiger partial charge in [-0.25, -0.2) is 4.79 Å². The molecule has 0 radical (unpaired) electrons. The van der Waals surface area contributed by atoms with Crippen molar-refractivity contribution in [1.29, 1.82) is 0 Å². The van der Waals surface area contributed by atoms with Gasteiger partial charge in [-0.15, -0.1) is 0 Å². The minimum Gasteiger partial charge on any atom is -0.477 e. The van der Waals surface area contributed by atoms with E-state index in [0.717, 1.165) is 31.4 Å². The molecule has 1 aromatic heterocycles. The summed E-state index contributed by atoms with van der Waals surface area (Å²) in [5.74, 6) is -0.843. The highest BCUT2D eigenvalue weighted by Gasteiger charge is 2.17. The molecule has 3 nitrogen and oxygen atoms in total. The first kappa shape index (κ1) is 15.4. The number of rotatable bonds is 7. The van der Waals surface area contributed by atoms with Crippen molar-refractivity contribution in [3.63, 3.8) is 0 Å². The van der Waals surface area contributed by atoms with Crippen molar-refractivity contribution in [2.75, 3.05) is 0 Å². The molecule has 1 unspecified atom stereocenters. The number of carboxylic acid groups (broad SMARTS) is 1. The van der Waals surface area contributed by atoms with E-state index in [9.17, 15) is 9.90 Å². The van der Waals surface area contributed by atoms with Crippen LogP contribution < -0.4 is 0 Å². The number of hydrogen-bond donors (Lipinski definition) is 1. The Bertz CT molecular complexity index is 587. The van der Waals surface area contributed by atoms with Crippen LogP contribution in [0.15, 0.2) is 42.5 Å². The minimum atomic E-state index is -0.843. The number of carboxylic acids is 1. The molecular formula is C18H23NO2. The zero-order chi connectivity index (χ0) is 15.2. The van der Waals surface area contributed by atoms with Crippen LogP contribution in [-0.2, 0) is 12.8 Å². The van der Waals surface area contributed by atoms with E-state index in [-0.39, 0.29) is 6.04 Å². The summed E-state index contributed by atoms with van der Waals surface area (Å²) in [5.41, 5.74) is 2.86. The number of nitrogens with zero attached hydrogens (tertiary/aromatic N) is 1. The van der Waals surface area contributed by atoms with Crippen LogP contribution in [0.3, 0.4) is 0 Å². The Morgan fingerprint density at radius 1 is 1.14 bits per heavy atom. The van der Waals surface area contributed by atoms with E-state index in [2.05, 4.69) is 38.1 Å². The molecule has 0 aliphatic carbocycles. The average molecular weight is 285 g/mol. The largest absolute Gasteiger partial charge is 0.477 e. The molecule has 0 aliphatic rings. The maximum Gasteiger partial charge on any atom is 0.352 e. The van der Waals surface area contributed by atoms with E-state index < -0.39 is 5.97 Å². The number of aromatic carboxylic acids is 1. The van der Waals surface area contributed by atoms with E-state index in [1.165, 1.54) is 5.56 Å². The molecule has 0 fully saturated rings. The first-order valence-electron chi connectivity index (χ1n) is 7.60. The van der Waals surface area contributed by atoms with Gasteiger partial charge in [-0.05, 0) is 50.3 Å². The molecule has 0 saturated heterocycles. The van der Waals surface area contributed by atoms with Crippen LogP contribution in [0, 0.1) is 0 Å². The Balaban J connectivity index is 2.07. The summed E-state index contributed by atoms with van der Waals surface area (Å²) in [7, 11) is 0. The maximum atomic E-state index is 11.3. The summed E-state index contributed by atoms with van der Waals surface area (Å²) < 4.78 is 1.98. The Morgan fingerprint density at radius 3 is 2.48 bits per heavy atom. The van der Waals surface area contributed by atoms with Crippen LogP contribution in [0.25, 0.3) is 0 Å². The van der Waals surface area contributed by atoms with E-state index in [4.69, 9.17) is 0 Å². The van der Waals surface area contributed by atoms with Gasteiger partial charge in [-0.2, -0.15) is 0 Å². The van der Waals surface area contributed by atoms with Gasteiger partial charge >= 0.3 is 5.97 Å². The fourth-order valence-electron chi connectivity index (χ4n) is 2.69. The lowest BCUT2D eigenvalue weighted by molar-refractivity contribution is 0.0682. The monoisotopic (exact) mass is 285 g/mol. The molecule has 1 aromatic carbocycles. The highest BCUT2D eigenvalue weighted by atomic mass is 16.4. The van der Waals surface area contributed by atoms with Gasteiger partial charge in [0.05, 0.1) is 0 Å². The summed E-state index contributed by atoms with van der Waals surface area (Å²) >= 11 is 0. The van der Waals surface area contributed by atoms with E-state index in [0.29, 0.717) is 5.69 Å². The van der Waals surface area contributed by atoms with Gasteiger partial charge in [0.15, 0.2) is 0 Å². The van der Waals surface area contributed by atoms with Crippen molar-refractivity contribution >= 4 is 5.97 Å². The molecule has 2 aromatic rings. The molecule has 1 N–H and O–H groups in total. The summed E-state index contributed by atoms with van der Waals surface area (Å²) in [6, 6.07) is 14.3. The van der Waals surface area contributed by atoms with Crippen LogP contribution in [-0.4, -0.2) is 15.6 Å². The lowest BCUT2D eigenvalue weighted by atomic mass is 10.1. The van der Waals surface area contributed by atoms with E-state index >= 15 is 0 Å². The minimum absolute atomic E-state index is 0.220. The van der Waals surface area contributed by atoms with Gasteiger partial charge in [-0.1, -0.05) is 37.3 Å². The van der Waals surface area contributed by atoms with Crippen molar-refractivity contribution < 1.29 is 9.90 Å². The summed E-state index contributed by atoms with van der Waals surface area (Å²) in [6.07, 6.45) is 3.89. The van der Waals surface area contributed by atoms with Crippen LogP contribution >= 0.6 is 0 Å². The highest BCUT2D eigenvalue weighted by molar-refractivity contribution is 5.86. The summed E-state index contributed by atoms with van der Waals surface area (Å²) in [4.78, 5) is 11.3. The van der Waals surface area contributed by atoms with Crippen LogP contribution in [0.5, 0.6) is 0 Å². The molecule has 0 spiro atoms. The van der Waals surface area contributed by atoms with Gasteiger partial charge in [0.2, 0.25) is 0 Å². The molecule has 0 amide bonds. The normalized spacial score (nSPS) is 12.3. The molecule has 0 saturated carbocycles. The number of carbonyl (C=O) groups is 1. The predicted octanol–water partition coefficient (Wildman–Crippen LogP) is 4.33. The zero-order valence-electron chi connectivity index (χ0n) is 12.7. The van der Waals surface area contributed by atoms with Crippen molar-refractivity contribution in [3.8, 4) is 0 Å². The van der Waals surface area contributed by atoms with Gasteiger partial charge in [0, 0.05) is 11.7 Å². The molecule has 0 bridgehead atoms. The first-order valence-corrected chi connectivity index (χ1v) is 7.60. The van der Waals surface area contributed by atoms with Crippen molar-refractivity contribution in [2.24, 2.45) is 0 Å². The van der Waals surface area contributed by atoms with Crippen molar-refractivity contribution in [3.05, 3.63) is 59.4 Å². The number of hydrogen-bond acceptors (Lipinski definition) is 1. The van der Waals surface area contributed by atoms with Crippen LogP contribution in [0.4, 0.5) is 0 Å². The molecule has 21 heavy (non-hydrogen) atoms. The quantitative estimate of drug-likeness (QED) is 0.822. The Kier molecular flexibility index (Phi) is 5.20. The summed E-state index contributed by atoms with van der Waals surface area (Å²) in [5, 5.41) is 9.31. The topological polar surface area (TPSA) is 42.2 Å². The van der Waals surface area contributed by atoms with Gasteiger partial charge in [0.1, 0.15) is 5.69 Å². The van der Waals surface area contributed by atoms with Gasteiger partial charge in [-0.3, -0.25) is 0 Å². The smallest absolute Gasteiger partial charge is 0.352 e. The van der Waals surface area contributed by atoms with Crippen LogP contribution in [0.1, 0.15) is 54.5 Å². The Hall–Kier alpha value is -2.03. The average Bonchev–Trinajstić information content (AvgIpc) is 2.92. The lowest BCUT2D eigenvalue weighted by Crippen LogP contribution is -2.15. The third-order valence-electron chi connectivity index (χ3n) is 3.99. The van der Waals surface area contributed by atoms with Gasteiger partial charge < -0.3 is 9.67 Å². The number of benzene rings is 1. The first-order chi connectivity index (χ1) is 10.1. The van der Waals surface area contributed by atoms with E-state index in [1.54, 1.807) is 6.07 Å². The summed E-state index contributed by atoms with van der Waals surface area (Å²) in [6.45, 7) is 4.16. The van der Waals surface area contributed by atoms with Crippen LogP contribution in [0.2, 0.25) is 0 Å². The highest BCUT2D eigenvalue weighted by Crippen LogP contribution is 2.21. The van der Waals surface area contributed by atoms with Crippen molar-refractivity contribution in [2.45, 2.75) is 45.6 Å². The molecule has 3 heteroatoms. The SMILES string of the molecule is CCC(C)n1c(CCCc2ccccc2)ccc1C(=O)O. The molecule has 1 heterocycles.